The predicted octanol–water partition coefficient (Wildman–Crippen LogP) is 2.26. The maximum Gasteiger partial charge on any atom is 0.165 e. The molecular weight excluding hydrogens is 221 g/mol. The van der Waals surface area contributed by atoms with E-state index in [0.29, 0.717) is 13.0 Å². The van der Waals surface area contributed by atoms with E-state index in [9.17, 15) is 9.50 Å². The summed E-state index contributed by atoms with van der Waals surface area (Å²) in [5, 5.41) is 12.6. The van der Waals surface area contributed by atoms with Gasteiger partial charge in [0.15, 0.2) is 11.6 Å². The van der Waals surface area contributed by atoms with Crippen LogP contribution in [-0.2, 0) is 0 Å². The second-order valence-corrected chi connectivity index (χ2v) is 4.09. The Bertz CT molecular complexity index is 357. The van der Waals surface area contributed by atoms with Gasteiger partial charge in [0.05, 0.1) is 13.2 Å². The highest BCUT2D eigenvalue weighted by Crippen LogP contribution is 2.21. The summed E-state index contributed by atoms with van der Waals surface area (Å²) >= 11 is 0. The Kier molecular flexibility index (Phi) is 5.38. The number of aliphatic hydroxyl groups is 1. The highest BCUT2D eigenvalue weighted by molar-refractivity contribution is 5.30. The molecule has 0 aliphatic heterocycles. The van der Waals surface area contributed by atoms with Crippen LogP contribution < -0.4 is 10.1 Å². The highest BCUT2D eigenvalue weighted by Gasteiger charge is 2.10. The molecule has 0 amide bonds. The zero-order valence-corrected chi connectivity index (χ0v) is 10.5. The first-order valence-electron chi connectivity index (χ1n) is 5.83. The van der Waals surface area contributed by atoms with Crippen molar-refractivity contribution in [1.82, 2.24) is 5.32 Å². The quantitative estimate of drug-likeness (QED) is 0.802. The third kappa shape index (κ3) is 3.98. The van der Waals surface area contributed by atoms with Gasteiger partial charge in [0, 0.05) is 12.6 Å². The van der Waals surface area contributed by atoms with Crippen molar-refractivity contribution in [2.75, 3.05) is 13.7 Å². The Morgan fingerprint density at radius 3 is 2.71 bits per heavy atom. The van der Waals surface area contributed by atoms with Gasteiger partial charge in [-0.3, -0.25) is 0 Å². The molecule has 0 radical (unpaired) electrons. The molecule has 0 fully saturated rings. The van der Waals surface area contributed by atoms with E-state index in [1.165, 1.54) is 13.2 Å². The summed E-state index contributed by atoms with van der Waals surface area (Å²) in [6.45, 7) is 4.36. The molecule has 0 saturated heterocycles. The summed E-state index contributed by atoms with van der Waals surface area (Å²) in [5.41, 5.74) is 0.839. The molecule has 1 aromatic carbocycles. The van der Waals surface area contributed by atoms with Crippen molar-refractivity contribution in [2.45, 2.75) is 32.4 Å². The molecule has 1 unspecified atom stereocenters. The standard InChI is InChI=1S/C13H20FNO2/c1-4-11(16)8-15-9(2)10-5-6-13(17-3)12(14)7-10/h5-7,9,11,15-16H,4,8H2,1-3H3/t9?,11-/m1/s1. The molecule has 4 heteroatoms. The second kappa shape index (κ2) is 6.57. The Balaban J connectivity index is 2.63. The zero-order chi connectivity index (χ0) is 12.8. The zero-order valence-electron chi connectivity index (χ0n) is 10.5. The minimum Gasteiger partial charge on any atom is -0.494 e. The lowest BCUT2D eigenvalue weighted by Gasteiger charge is -2.17. The molecule has 0 aliphatic rings. The first-order valence-corrected chi connectivity index (χ1v) is 5.83. The highest BCUT2D eigenvalue weighted by atomic mass is 19.1. The Morgan fingerprint density at radius 1 is 1.47 bits per heavy atom. The number of hydrogen-bond acceptors (Lipinski definition) is 3. The van der Waals surface area contributed by atoms with E-state index in [-0.39, 0.29) is 23.7 Å². The van der Waals surface area contributed by atoms with Crippen LogP contribution in [0.3, 0.4) is 0 Å². The molecule has 3 nitrogen and oxygen atoms in total. The summed E-state index contributed by atoms with van der Waals surface area (Å²) in [7, 11) is 1.44. The minimum atomic E-state index is -0.366. The molecule has 1 aromatic rings. The van der Waals surface area contributed by atoms with Crippen molar-refractivity contribution in [2.24, 2.45) is 0 Å². The van der Waals surface area contributed by atoms with Gasteiger partial charge in [-0.1, -0.05) is 13.0 Å². The van der Waals surface area contributed by atoms with Crippen molar-refractivity contribution in [1.29, 1.82) is 0 Å². The Hall–Kier alpha value is -1.13. The predicted molar refractivity (Wildman–Crippen MR) is 65.7 cm³/mol. The van der Waals surface area contributed by atoms with E-state index in [1.807, 2.05) is 19.9 Å². The van der Waals surface area contributed by atoms with Crippen molar-refractivity contribution in [3.63, 3.8) is 0 Å². The Labute approximate surface area is 102 Å². The number of halogens is 1. The van der Waals surface area contributed by atoms with E-state index >= 15 is 0 Å². The lowest BCUT2D eigenvalue weighted by molar-refractivity contribution is 0.163. The maximum atomic E-state index is 13.5. The van der Waals surface area contributed by atoms with Gasteiger partial charge in [-0.2, -0.15) is 0 Å². The number of ether oxygens (including phenoxy) is 1. The summed E-state index contributed by atoms with van der Waals surface area (Å²) in [6, 6.07) is 4.88. The lowest BCUT2D eigenvalue weighted by Crippen LogP contribution is -2.28. The fourth-order valence-corrected chi connectivity index (χ4v) is 1.53. The van der Waals surface area contributed by atoms with Gasteiger partial charge in [-0.25, -0.2) is 4.39 Å². The summed E-state index contributed by atoms with van der Waals surface area (Å²) in [4.78, 5) is 0. The topological polar surface area (TPSA) is 41.5 Å². The molecular formula is C13H20FNO2. The molecule has 2 N–H and O–H groups in total. The number of hydrogen-bond donors (Lipinski definition) is 2. The summed E-state index contributed by atoms with van der Waals surface area (Å²) in [6.07, 6.45) is 0.344. The van der Waals surface area contributed by atoms with Gasteiger partial charge in [-0.05, 0) is 31.0 Å². The number of nitrogens with one attached hydrogen (secondary N) is 1. The molecule has 2 atom stereocenters. The molecule has 17 heavy (non-hydrogen) atoms. The van der Waals surface area contributed by atoms with Crippen LogP contribution in [0.2, 0.25) is 0 Å². The van der Waals surface area contributed by atoms with E-state index in [2.05, 4.69) is 5.32 Å². The number of aliphatic hydroxyl groups excluding tert-OH is 1. The summed E-state index contributed by atoms with van der Waals surface area (Å²) < 4.78 is 18.3. The van der Waals surface area contributed by atoms with Crippen LogP contribution in [0.4, 0.5) is 4.39 Å². The monoisotopic (exact) mass is 241 g/mol. The molecule has 0 bridgehead atoms. The van der Waals surface area contributed by atoms with Gasteiger partial charge in [-0.15, -0.1) is 0 Å². The number of methoxy groups -OCH3 is 1. The van der Waals surface area contributed by atoms with Crippen LogP contribution in [-0.4, -0.2) is 24.9 Å². The van der Waals surface area contributed by atoms with Gasteiger partial charge < -0.3 is 15.2 Å². The van der Waals surface area contributed by atoms with Gasteiger partial charge in [0.2, 0.25) is 0 Å². The van der Waals surface area contributed by atoms with Crippen LogP contribution in [0.25, 0.3) is 0 Å². The van der Waals surface area contributed by atoms with Crippen molar-refractivity contribution in [3.05, 3.63) is 29.6 Å². The SMILES string of the molecule is CC[C@@H](O)CNC(C)c1ccc(OC)c(F)c1. The second-order valence-electron chi connectivity index (χ2n) is 4.09. The average Bonchev–Trinajstić information content (AvgIpc) is 2.35. The number of rotatable bonds is 6. The van der Waals surface area contributed by atoms with Gasteiger partial charge in [0.1, 0.15) is 0 Å². The smallest absolute Gasteiger partial charge is 0.165 e. The average molecular weight is 241 g/mol. The largest absolute Gasteiger partial charge is 0.494 e. The molecule has 96 valence electrons. The molecule has 0 heterocycles. The van der Waals surface area contributed by atoms with Crippen LogP contribution in [0, 0.1) is 5.82 Å². The van der Waals surface area contributed by atoms with Gasteiger partial charge in [0.25, 0.3) is 0 Å². The van der Waals surface area contributed by atoms with Crippen LogP contribution in [0.5, 0.6) is 5.75 Å². The van der Waals surface area contributed by atoms with Crippen LogP contribution >= 0.6 is 0 Å². The van der Waals surface area contributed by atoms with E-state index in [0.717, 1.165) is 5.56 Å². The normalized spacial score (nSPS) is 14.4. The third-order valence-electron chi connectivity index (χ3n) is 2.81. The maximum absolute atomic E-state index is 13.5. The van der Waals surface area contributed by atoms with Gasteiger partial charge >= 0.3 is 0 Å². The third-order valence-corrected chi connectivity index (χ3v) is 2.81. The van der Waals surface area contributed by atoms with Crippen molar-refractivity contribution < 1.29 is 14.2 Å². The fraction of sp³-hybridized carbons (Fsp3) is 0.538. The number of benzene rings is 1. The lowest BCUT2D eigenvalue weighted by atomic mass is 10.1. The van der Waals surface area contributed by atoms with E-state index in [1.54, 1.807) is 6.07 Å². The van der Waals surface area contributed by atoms with E-state index < -0.39 is 0 Å². The molecule has 0 aromatic heterocycles. The molecule has 1 rings (SSSR count). The van der Waals surface area contributed by atoms with Crippen molar-refractivity contribution >= 4 is 0 Å². The van der Waals surface area contributed by atoms with Crippen LogP contribution in [0.1, 0.15) is 31.9 Å². The molecule has 0 saturated carbocycles. The summed E-state index contributed by atoms with van der Waals surface area (Å²) in [5.74, 6) is -0.121. The first kappa shape index (κ1) is 13.9. The molecule has 0 aliphatic carbocycles. The first-order chi connectivity index (χ1) is 8.08. The fourth-order valence-electron chi connectivity index (χ4n) is 1.53. The molecule has 0 spiro atoms. The van der Waals surface area contributed by atoms with Crippen LogP contribution in [0.15, 0.2) is 18.2 Å². The Morgan fingerprint density at radius 2 is 2.18 bits per heavy atom. The minimum absolute atomic E-state index is 0.00314. The van der Waals surface area contributed by atoms with Crippen molar-refractivity contribution in [3.8, 4) is 5.75 Å². The van der Waals surface area contributed by atoms with E-state index in [4.69, 9.17) is 4.74 Å².